The van der Waals surface area contributed by atoms with E-state index in [9.17, 15) is 0 Å². The highest BCUT2D eigenvalue weighted by Gasteiger charge is 2.06. The minimum absolute atomic E-state index is 0.158. The van der Waals surface area contributed by atoms with E-state index in [0.29, 0.717) is 0 Å². The number of benzene rings is 2. The van der Waals surface area contributed by atoms with Crippen LogP contribution >= 0.6 is 0 Å². The van der Waals surface area contributed by atoms with Gasteiger partial charge in [-0.25, -0.2) is 9.97 Å². The second-order valence-corrected chi connectivity index (χ2v) is 5.42. The summed E-state index contributed by atoms with van der Waals surface area (Å²) in [6, 6.07) is 20.0. The van der Waals surface area contributed by atoms with Crippen LogP contribution in [0, 0.1) is 0 Å². The lowest BCUT2D eigenvalue weighted by molar-refractivity contribution is 0.415. The zero-order valence-corrected chi connectivity index (χ0v) is 13.7. The first-order valence-electron chi connectivity index (χ1n) is 7.79. The highest BCUT2D eigenvalue weighted by Crippen LogP contribution is 2.22. The normalized spacial score (nSPS) is 11.6. The van der Waals surface area contributed by atoms with E-state index in [1.165, 1.54) is 5.56 Å². The Labute approximate surface area is 141 Å². The predicted molar refractivity (Wildman–Crippen MR) is 96.8 cm³/mol. The zero-order chi connectivity index (χ0) is 16.8. The molecule has 0 bridgehead atoms. The van der Waals surface area contributed by atoms with Gasteiger partial charge in [-0.3, -0.25) is 0 Å². The van der Waals surface area contributed by atoms with Gasteiger partial charge in [0.25, 0.3) is 0 Å². The molecule has 1 atom stereocenters. The molecule has 2 N–H and O–H groups in total. The molecule has 1 unspecified atom stereocenters. The minimum Gasteiger partial charge on any atom is -0.497 e. The monoisotopic (exact) mass is 320 g/mol. The number of methoxy groups -OCH3 is 1. The average Bonchev–Trinajstić information content (AvgIpc) is 2.63. The second kappa shape index (κ2) is 7.46. The van der Waals surface area contributed by atoms with Crippen molar-refractivity contribution in [2.45, 2.75) is 13.0 Å². The Kier molecular flexibility index (Phi) is 4.91. The molecule has 2 aromatic carbocycles. The third kappa shape index (κ3) is 4.01. The summed E-state index contributed by atoms with van der Waals surface area (Å²) in [4.78, 5) is 8.56. The molecular weight excluding hydrogens is 300 g/mol. The maximum Gasteiger partial charge on any atom is 0.135 e. The van der Waals surface area contributed by atoms with E-state index in [4.69, 9.17) is 4.74 Å². The number of hydrogen-bond donors (Lipinski definition) is 2. The van der Waals surface area contributed by atoms with Gasteiger partial charge in [0, 0.05) is 23.9 Å². The van der Waals surface area contributed by atoms with E-state index in [-0.39, 0.29) is 6.04 Å². The van der Waals surface area contributed by atoms with Gasteiger partial charge in [0.15, 0.2) is 0 Å². The van der Waals surface area contributed by atoms with Gasteiger partial charge >= 0.3 is 0 Å². The maximum atomic E-state index is 5.23. The Morgan fingerprint density at radius 2 is 1.71 bits per heavy atom. The van der Waals surface area contributed by atoms with Crippen LogP contribution in [-0.4, -0.2) is 17.1 Å². The Balaban J connectivity index is 1.72. The first-order valence-corrected chi connectivity index (χ1v) is 7.79. The average molecular weight is 320 g/mol. The predicted octanol–water partition coefficient (Wildman–Crippen LogP) is 4.40. The van der Waals surface area contributed by atoms with Crippen LogP contribution in [0.25, 0.3) is 0 Å². The van der Waals surface area contributed by atoms with Crippen molar-refractivity contribution in [1.82, 2.24) is 9.97 Å². The van der Waals surface area contributed by atoms with Gasteiger partial charge in [0.2, 0.25) is 0 Å². The highest BCUT2D eigenvalue weighted by atomic mass is 16.5. The smallest absolute Gasteiger partial charge is 0.135 e. The first-order chi connectivity index (χ1) is 11.7. The molecule has 24 heavy (non-hydrogen) atoms. The highest BCUT2D eigenvalue weighted by molar-refractivity contribution is 5.60. The third-order valence-electron chi connectivity index (χ3n) is 3.67. The number of rotatable bonds is 6. The van der Waals surface area contributed by atoms with Crippen LogP contribution < -0.4 is 15.4 Å². The molecule has 0 amide bonds. The summed E-state index contributed by atoms with van der Waals surface area (Å²) >= 11 is 0. The van der Waals surface area contributed by atoms with Crippen molar-refractivity contribution < 1.29 is 4.74 Å². The first kappa shape index (κ1) is 15.8. The molecule has 1 aromatic heterocycles. The minimum atomic E-state index is 0.158. The van der Waals surface area contributed by atoms with Crippen LogP contribution in [0.5, 0.6) is 5.75 Å². The van der Waals surface area contributed by atoms with Crippen LogP contribution in [0.4, 0.5) is 17.3 Å². The molecule has 0 spiro atoms. The van der Waals surface area contributed by atoms with Gasteiger partial charge in [-0.1, -0.05) is 36.4 Å². The summed E-state index contributed by atoms with van der Waals surface area (Å²) in [5, 5.41) is 6.65. The van der Waals surface area contributed by atoms with E-state index in [1.807, 2.05) is 48.5 Å². The van der Waals surface area contributed by atoms with Crippen LogP contribution in [-0.2, 0) is 0 Å². The van der Waals surface area contributed by atoms with Crippen molar-refractivity contribution in [2.75, 3.05) is 17.7 Å². The molecule has 0 aliphatic rings. The fraction of sp³-hybridized carbons (Fsp3) is 0.158. The molecule has 3 aromatic rings. The lowest BCUT2D eigenvalue weighted by Crippen LogP contribution is -2.08. The van der Waals surface area contributed by atoms with Gasteiger partial charge in [0.05, 0.1) is 7.11 Å². The van der Waals surface area contributed by atoms with Gasteiger partial charge in [0.1, 0.15) is 23.7 Å². The fourth-order valence-corrected chi connectivity index (χ4v) is 2.40. The van der Waals surface area contributed by atoms with E-state index >= 15 is 0 Å². The molecule has 5 nitrogen and oxygen atoms in total. The molecule has 0 aliphatic heterocycles. The van der Waals surface area contributed by atoms with Crippen LogP contribution in [0.2, 0.25) is 0 Å². The summed E-state index contributed by atoms with van der Waals surface area (Å²) in [5.41, 5.74) is 2.12. The number of nitrogens with one attached hydrogen (secondary N) is 2. The molecule has 5 heteroatoms. The summed E-state index contributed by atoms with van der Waals surface area (Å²) in [6.07, 6.45) is 1.54. The van der Waals surface area contributed by atoms with Crippen molar-refractivity contribution in [3.8, 4) is 5.75 Å². The number of aromatic nitrogens is 2. The second-order valence-electron chi connectivity index (χ2n) is 5.42. The summed E-state index contributed by atoms with van der Waals surface area (Å²) in [6.45, 7) is 2.10. The van der Waals surface area contributed by atoms with Gasteiger partial charge in [-0.2, -0.15) is 0 Å². The summed E-state index contributed by atoms with van der Waals surface area (Å²) in [5.74, 6) is 2.29. The zero-order valence-electron chi connectivity index (χ0n) is 13.7. The Bertz CT molecular complexity index is 792. The van der Waals surface area contributed by atoms with Crippen molar-refractivity contribution in [3.05, 3.63) is 72.6 Å². The van der Waals surface area contributed by atoms with Crippen LogP contribution in [0.15, 0.2) is 67.0 Å². The van der Waals surface area contributed by atoms with Crippen molar-refractivity contribution >= 4 is 17.3 Å². The summed E-state index contributed by atoms with van der Waals surface area (Å²) in [7, 11) is 1.65. The van der Waals surface area contributed by atoms with E-state index in [2.05, 4.69) is 39.7 Å². The van der Waals surface area contributed by atoms with E-state index in [0.717, 1.165) is 23.1 Å². The molecule has 0 saturated heterocycles. The Hall–Kier alpha value is -3.08. The van der Waals surface area contributed by atoms with Crippen molar-refractivity contribution in [2.24, 2.45) is 0 Å². The molecule has 0 saturated carbocycles. The lowest BCUT2D eigenvalue weighted by Gasteiger charge is -2.15. The quantitative estimate of drug-likeness (QED) is 0.705. The standard InChI is InChI=1S/C19H20N4O/c1-14(15-7-4-3-5-8-15)22-18-12-19(21-13-20-18)23-16-9-6-10-17(11-16)24-2/h3-14H,1-2H3,(H2,20,21,22,23). The van der Waals surface area contributed by atoms with Gasteiger partial charge in [-0.05, 0) is 24.6 Å². The van der Waals surface area contributed by atoms with Gasteiger partial charge in [-0.15, -0.1) is 0 Å². The molecule has 1 heterocycles. The van der Waals surface area contributed by atoms with Crippen LogP contribution in [0.3, 0.4) is 0 Å². The SMILES string of the molecule is COc1cccc(Nc2cc(NC(C)c3ccccc3)ncn2)c1. The van der Waals surface area contributed by atoms with Gasteiger partial charge < -0.3 is 15.4 Å². The number of nitrogens with zero attached hydrogens (tertiary/aromatic N) is 2. The molecule has 3 rings (SSSR count). The maximum absolute atomic E-state index is 5.23. The number of anilines is 3. The fourth-order valence-electron chi connectivity index (χ4n) is 2.40. The topological polar surface area (TPSA) is 59.1 Å². The lowest BCUT2D eigenvalue weighted by atomic mass is 10.1. The van der Waals surface area contributed by atoms with E-state index < -0.39 is 0 Å². The number of ether oxygens (including phenoxy) is 1. The molecular formula is C19H20N4O. The largest absolute Gasteiger partial charge is 0.497 e. The molecule has 122 valence electrons. The van der Waals surface area contributed by atoms with E-state index in [1.54, 1.807) is 13.4 Å². The third-order valence-corrected chi connectivity index (χ3v) is 3.67. The van der Waals surface area contributed by atoms with Crippen molar-refractivity contribution in [3.63, 3.8) is 0 Å². The Morgan fingerprint density at radius 3 is 2.50 bits per heavy atom. The van der Waals surface area contributed by atoms with Crippen LogP contribution in [0.1, 0.15) is 18.5 Å². The summed E-state index contributed by atoms with van der Waals surface area (Å²) < 4.78 is 5.23. The number of hydrogen-bond acceptors (Lipinski definition) is 5. The Morgan fingerprint density at radius 1 is 0.917 bits per heavy atom. The molecule has 0 radical (unpaired) electrons. The molecule has 0 fully saturated rings. The van der Waals surface area contributed by atoms with Crippen molar-refractivity contribution in [1.29, 1.82) is 0 Å². The molecule has 0 aliphatic carbocycles.